The molecular weight excluding hydrogens is 538 g/mol. The molecule has 202 valence electrons. The van der Waals surface area contributed by atoms with Crippen LogP contribution in [-0.4, -0.2) is 36.9 Å². The molecule has 3 aromatic carbocycles. The lowest BCUT2D eigenvalue weighted by Gasteiger charge is -2.17. The molecule has 4 aromatic rings. The third-order valence-corrected chi connectivity index (χ3v) is 7.44. The molecule has 0 aliphatic carbocycles. The Bertz CT molecular complexity index is 1440. The van der Waals surface area contributed by atoms with Crippen LogP contribution in [0.4, 0.5) is 0 Å². The molecule has 0 saturated heterocycles. The van der Waals surface area contributed by atoms with Gasteiger partial charge in [-0.25, -0.2) is 9.59 Å². The minimum absolute atomic E-state index is 0.273. The number of ether oxygens (including phenoxy) is 1. The highest BCUT2D eigenvalue weighted by atomic mass is 35.5. The van der Waals surface area contributed by atoms with E-state index in [0.29, 0.717) is 39.4 Å². The Balaban J connectivity index is 1.52. The summed E-state index contributed by atoms with van der Waals surface area (Å²) in [5.74, 6) is -0.391. The number of carboxylic acids is 2. The highest BCUT2D eigenvalue weighted by Gasteiger charge is 2.24. The molecule has 8 nitrogen and oxygen atoms in total. The number of thioether (sulfide) groups is 1. The Hall–Kier alpha value is -3.82. The Labute approximate surface area is 235 Å². The van der Waals surface area contributed by atoms with Gasteiger partial charge in [-0.1, -0.05) is 85.2 Å². The second kappa shape index (κ2) is 13.3. The van der Waals surface area contributed by atoms with Gasteiger partial charge >= 0.3 is 11.9 Å². The zero-order valence-electron chi connectivity index (χ0n) is 21.3. The lowest BCUT2D eigenvalue weighted by molar-refractivity contribution is -0.145. The van der Waals surface area contributed by atoms with Gasteiger partial charge in [-0.05, 0) is 41.8 Å². The number of unbranched alkanes of at least 4 members (excludes halogenated alkanes) is 1. The van der Waals surface area contributed by atoms with Crippen LogP contribution in [0.15, 0.2) is 78.0 Å². The number of carboxylic acid groups (broad SMARTS) is 2. The summed E-state index contributed by atoms with van der Waals surface area (Å²) in [6, 6.07) is 20.9. The predicted molar refractivity (Wildman–Crippen MR) is 150 cm³/mol. The van der Waals surface area contributed by atoms with Crippen molar-refractivity contribution < 1.29 is 24.5 Å². The van der Waals surface area contributed by atoms with Crippen LogP contribution in [0.2, 0.25) is 5.02 Å². The highest BCUT2D eigenvalue weighted by Crippen LogP contribution is 2.29. The molecule has 0 fully saturated rings. The van der Waals surface area contributed by atoms with E-state index in [1.165, 1.54) is 11.8 Å². The Morgan fingerprint density at radius 3 is 2.41 bits per heavy atom. The first-order valence-electron chi connectivity index (χ1n) is 12.5. The Kier molecular flexibility index (Phi) is 9.62. The molecule has 0 amide bonds. The standard InChI is InChI=1S/C29H28ClN3O5S/c1-2-3-12-25-31-32-29(39-18-20-8-4-5-9-22(20)27(34)35)33(25)17-19-13-15-21(16-14-19)38-26(28(36)37)23-10-6-7-11-24(23)30/h4-11,13-16,26H,2-3,12,17-18H2,1H3,(H,34,35)(H,36,37). The van der Waals surface area contributed by atoms with Crippen molar-refractivity contribution in [3.63, 3.8) is 0 Å². The van der Waals surface area contributed by atoms with Crippen molar-refractivity contribution in [1.29, 1.82) is 0 Å². The first-order chi connectivity index (χ1) is 18.9. The highest BCUT2D eigenvalue weighted by molar-refractivity contribution is 7.98. The number of aliphatic carboxylic acids is 1. The molecular formula is C29H28ClN3O5S. The van der Waals surface area contributed by atoms with Crippen LogP contribution in [0.25, 0.3) is 0 Å². The number of rotatable bonds is 13. The van der Waals surface area contributed by atoms with E-state index in [2.05, 4.69) is 17.1 Å². The van der Waals surface area contributed by atoms with Crippen LogP contribution >= 0.6 is 23.4 Å². The van der Waals surface area contributed by atoms with E-state index in [9.17, 15) is 19.8 Å². The third-order valence-electron chi connectivity index (χ3n) is 6.08. The quantitative estimate of drug-likeness (QED) is 0.176. The van der Waals surface area contributed by atoms with E-state index in [4.69, 9.17) is 16.3 Å². The van der Waals surface area contributed by atoms with Crippen LogP contribution in [-0.2, 0) is 23.5 Å². The van der Waals surface area contributed by atoms with Crippen molar-refractivity contribution >= 4 is 35.3 Å². The van der Waals surface area contributed by atoms with Gasteiger partial charge in [0.2, 0.25) is 6.10 Å². The smallest absolute Gasteiger partial charge is 0.349 e. The number of halogens is 1. The summed E-state index contributed by atoms with van der Waals surface area (Å²) in [5.41, 5.74) is 2.33. The second-order valence-electron chi connectivity index (χ2n) is 8.84. The van der Waals surface area contributed by atoms with Gasteiger partial charge in [-0.15, -0.1) is 10.2 Å². The number of aromatic carboxylic acids is 1. The number of hydrogen-bond acceptors (Lipinski definition) is 6. The maximum Gasteiger partial charge on any atom is 0.349 e. The summed E-state index contributed by atoms with van der Waals surface area (Å²) >= 11 is 7.64. The van der Waals surface area contributed by atoms with Gasteiger partial charge in [0.15, 0.2) is 5.16 Å². The molecule has 1 unspecified atom stereocenters. The van der Waals surface area contributed by atoms with Gasteiger partial charge in [0.1, 0.15) is 11.6 Å². The van der Waals surface area contributed by atoms with Crippen molar-refractivity contribution in [2.24, 2.45) is 0 Å². The topological polar surface area (TPSA) is 115 Å². The third kappa shape index (κ3) is 7.19. The lowest BCUT2D eigenvalue weighted by atomic mass is 10.1. The summed E-state index contributed by atoms with van der Waals surface area (Å²) in [4.78, 5) is 23.5. The van der Waals surface area contributed by atoms with Crippen LogP contribution in [0.1, 0.15) is 58.7 Å². The van der Waals surface area contributed by atoms with E-state index < -0.39 is 18.0 Å². The second-order valence-corrected chi connectivity index (χ2v) is 10.2. The monoisotopic (exact) mass is 565 g/mol. The number of benzene rings is 3. The van der Waals surface area contributed by atoms with Gasteiger partial charge in [0, 0.05) is 22.8 Å². The SMILES string of the molecule is CCCCc1nnc(SCc2ccccc2C(=O)O)n1Cc1ccc(OC(C(=O)O)c2ccccc2Cl)cc1. The molecule has 1 aromatic heterocycles. The van der Waals surface area contributed by atoms with E-state index in [0.717, 1.165) is 30.7 Å². The number of aryl methyl sites for hydroxylation is 1. The van der Waals surface area contributed by atoms with Gasteiger partial charge in [-0.3, -0.25) is 0 Å². The summed E-state index contributed by atoms with van der Waals surface area (Å²) in [7, 11) is 0. The van der Waals surface area contributed by atoms with E-state index in [-0.39, 0.29) is 5.56 Å². The molecule has 2 N–H and O–H groups in total. The van der Waals surface area contributed by atoms with Gasteiger partial charge in [0.25, 0.3) is 0 Å². The van der Waals surface area contributed by atoms with E-state index >= 15 is 0 Å². The number of aromatic nitrogens is 3. The minimum Gasteiger partial charge on any atom is -0.478 e. The molecule has 0 spiro atoms. The fourth-order valence-corrected chi connectivity index (χ4v) is 5.22. The van der Waals surface area contributed by atoms with Gasteiger partial charge in [-0.2, -0.15) is 0 Å². The number of nitrogens with zero attached hydrogens (tertiary/aromatic N) is 3. The van der Waals surface area contributed by atoms with Crippen molar-refractivity contribution in [2.75, 3.05) is 0 Å². The predicted octanol–water partition coefficient (Wildman–Crippen LogP) is 6.52. The van der Waals surface area contributed by atoms with E-state index in [1.54, 1.807) is 54.6 Å². The van der Waals surface area contributed by atoms with Crippen molar-refractivity contribution in [3.05, 3.63) is 106 Å². The largest absolute Gasteiger partial charge is 0.478 e. The summed E-state index contributed by atoms with van der Waals surface area (Å²) in [6.07, 6.45) is 1.52. The Morgan fingerprint density at radius 2 is 1.72 bits per heavy atom. The molecule has 0 radical (unpaired) electrons. The van der Waals surface area contributed by atoms with Crippen molar-refractivity contribution in [1.82, 2.24) is 14.8 Å². The zero-order valence-corrected chi connectivity index (χ0v) is 22.9. The molecule has 0 saturated carbocycles. The minimum atomic E-state index is -1.24. The number of carbonyl (C=O) groups is 2. The lowest BCUT2D eigenvalue weighted by Crippen LogP contribution is -2.18. The maximum absolute atomic E-state index is 11.9. The average Bonchev–Trinajstić information content (AvgIpc) is 3.31. The van der Waals surface area contributed by atoms with Crippen LogP contribution < -0.4 is 4.74 Å². The van der Waals surface area contributed by atoms with Crippen molar-refractivity contribution in [2.45, 2.75) is 49.7 Å². The maximum atomic E-state index is 11.9. The molecule has 39 heavy (non-hydrogen) atoms. The summed E-state index contributed by atoms with van der Waals surface area (Å²) in [5, 5.41) is 29.1. The molecule has 10 heteroatoms. The van der Waals surface area contributed by atoms with Crippen LogP contribution in [0, 0.1) is 0 Å². The molecule has 0 aliphatic rings. The molecule has 0 bridgehead atoms. The van der Waals surface area contributed by atoms with Crippen LogP contribution in [0.5, 0.6) is 5.75 Å². The van der Waals surface area contributed by atoms with Gasteiger partial charge in [0.05, 0.1) is 12.1 Å². The summed E-state index contributed by atoms with van der Waals surface area (Å²) in [6.45, 7) is 2.62. The molecule has 4 rings (SSSR count). The fraction of sp³-hybridized carbons (Fsp3) is 0.241. The molecule has 0 aliphatic heterocycles. The van der Waals surface area contributed by atoms with Crippen molar-refractivity contribution in [3.8, 4) is 5.75 Å². The summed E-state index contributed by atoms with van der Waals surface area (Å²) < 4.78 is 7.83. The Morgan fingerprint density at radius 1 is 1.00 bits per heavy atom. The van der Waals surface area contributed by atoms with Crippen LogP contribution in [0.3, 0.4) is 0 Å². The zero-order chi connectivity index (χ0) is 27.8. The first kappa shape index (κ1) is 28.2. The number of hydrogen-bond donors (Lipinski definition) is 2. The molecule has 1 heterocycles. The average molecular weight is 566 g/mol. The first-order valence-corrected chi connectivity index (χ1v) is 13.8. The fourth-order valence-electron chi connectivity index (χ4n) is 4.03. The molecule has 1 atom stereocenters. The van der Waals surface area contributed by atoms with Gasteiger partial charge < -0.3 is 19.5 Å². The van der Waals surface area contributed by atoms with E-state index in [1.807, 2.05) is 22.8 Å². The normalized spacial score (nSPS) is 11.7.